The summed E-state index contributed by atoms with van der Waals surface area (Å²) in [4.78, 5) is 0. The number of hydrogen-bond acceptors (Lipinski definition) is 2. The van der Waals surface area contributed by atoms with Gasteiger partial charge in [-0.1, -0.05) is 0 Å². The highest BCUT2D eigenvalue weighted by atomic mass is 16.5. The predicted octanol–water partition coefficient (Wildman–Crippen LogP) is 1.91. The highest BCUT2D eigenvalue weighted by molar-refractivity contribution is 4.90. The smallest absolute Gasteiger partial charge is 0.243 e. The number of fused-ring (bicyclic) bond motifs is 4. The molecule has 0 radical (unpaired) electrons. The van der Waals surface area contributed by atoms with Gasteiger partial charge in [0.1, 0.15) is 12.4 Å². The fourth-order valence-electron chi connectivity index (χ4n) is 5.07. The maximum atomic E-state index is 5.97. The van der Waals surface area contributed by atoms with Gasteiger partial charge in [-0.3, -0.25) is 0 Å². The summed E-state index contributed by atoms with van der Waals surface area (Å²) in [5.41, 5.74) is 0. The van der Waals surface area contributed by atoms with Crippen molar-refractivity contribution in [2.45, 2.75) is 76.0 Å². The Labute approximate surface area is 126 Å². The molecule has 0 aliphatic carbocycles. The summed E-state index contributed by atoms with van der Waals surface area (Å²) in [6.45, 7) is 2.25. The van der Waals surface area contributed by atoms with Crippen LogP contribution in [0.4, 0.5) is 0 Å². The van der Waals surface area contributed by atoms with E-state index in [4.69, 9.17) is 9.47 Å². The summed E-state index contributed by atoms with van der Waals surface area (Å²) in [5.74, 6) is 1.46. The highest BCUT2D eigenvalue weighted by Gasteiger charge is 2.43. The van der Waals surface area contributed by atoms with Crippen LogP contribution in [0.2, 0.25) is 0 Å². The Morgan fingerprint density at radius 1 is 0.952 bits per heavy atom. The molecule has 6 atom stereocenters. The first-order chi connectivity index (χ1) is 10.3. The van der Waals surface area contributed by atoms with Crippen LogP contribution in [0.3, 0.4) is 0 Å². The lowest BCUT2D eigenvalue weighted by molar-refractivity contribution is -0.703. The Morgan fingerprint density at radius 3 is 2.29 bits per heavy atom. The van der Waals surface area contributed by atoms with Crippen LogP contribution in [0.1, 0.15) is 38.5 Å². The van der Waals surface area contributed by atoms with E-state index in [0.717, 1.165) is 24.9 Å². The maximum absolute atomic E-state index is 5.97. The maximum Gasteiger partial charge on any atom is 0.243 e. The summed E-state index contributed by atoms with van der Waals surface area (Å²) in [7, 11) is 0. The fraction of sp³-hybridized carbons (Fsp3) is 0.824. The average Bonchev–Trinajstić information content (AvgIpc) is 3.26. The van der Waals surface area contributed by atoms with Crippen LogP contribution in [-0.2, 0) is 22.6 Å². The van der Waals surface area contributed by atoms with Gasteiger partial charge in [-0.15, -0.1) is 0 Å². The zero-order valence-electron chi connectivity index (χ0n) is 12.6. The zero-order valence-corrected chi connectivity index (χ0v) is 12.6. The number of imidazole rings is 1. The van der Waals surface area contributed by atoms with Gasteiger partial charge in [0.25, 0.3) is 0 Å². The molecule has 5 heterocycles. The van der Waals surface area contributed by atoms with Crippen LogP contribution in [-0.4, -0.2) is 29.0 Å². The van der Waals surface area contributed by atoms with E-state index in [0.29, 0.717) is 24.4 Å². The van der Waals surface area contributed by atoms with E-state index in [1.165, 1.54) is 38.5 Å². The second-order valence-corrected chi connectivity index (χ2v) is 7.55. The van der Waals surface area contributed by atoms with E-state index >= 15 is 0 Å². The molecule has 1 aromatic rings. The van der Waals surface area contributed by atoms with Gasteiger partial charge in [0.2, 0.25) is 6.33 Å². The van der Waals surface area contributed by atoms with Crippen molar-refractivity contribution in [1.29, 1.82) is 0 Å². The number of nitrogens with zero attached hydrogens (tertiary/aromatic N) is 2. The van der Waals surface area contributed by atoms with Crippen LogP contribution in [0.25, 0.3) is 0 Å². The quantitative estimate of drug-likeness (QED) is 0.792. The van der Waals surface area contributed by atoms with E-state index in [1.54, 1.807) is 0 Å². The van der Waals surface area contributed by atoms with Crippen molar-refractivity contribution in [1.82, 2.24) is 4.57 Å². The minimum absolute atomic E-state index is 0.532. The third-order valence-corrected chi connectivity index (χ3v) is 6.10. The van der Waals surface area contributed by atoms with E-state index < -0.39 is 0 Å². The van der Waals surface area contributed by atoms with Crippen molar-refractivity contribution < 1.29 is 14.0 Å². The molecular formula is C17H25N2O2+. The second-order valence-electron chi connectivity index (χ2n) is 7.55. The van der Waals surface area contributed by atoms with Crippen LogP contribution in [0.5, 0.6) is 0 Å². The molecule has 5 rings (SSSR count). The Balaban J connectivity index is 1.21. The first-order valence-electron chi connectivity index (χ1n) is 8.69. The molecule has 0 saturated carbocycles. The standard InChI is InChI=1S/C17H25N2O2/c1-3-16-12(7-14(1)20-16)9-18-5-6-19(11-18)10-13-8-15-2-4-17(13)21-15/h5-6,11-17H,1-4,7-10H2/q+1. The molecule has 4 aliphatic heterocycles. The number of aromatic nitrogens is 2. The van der Waals surface area contributed by atoms with Gasteiger partial charge in [0.05, 0.1) is 37.5 Å². The van der Waals surface area contributed by atoms with Crippen molar-refractivity contribution in [3.8, 4) is 0 Å². The lowest BCUT2D eigenvalue weighted by Gasteiger charge is -2.16. The summed E-state index contributed by atoms with van der Waals surface area (Å²) >= 11 is 0. The van der Waals surface area contributed by atoms with Crippen LogP contribution in [0, 0.1) is 11.8 Å². The third kappa shape index (κ3) is 2.23. The van der Waals surface area contributed by atoms with Crippen molar-refractivity contribution in [2.24, 2.45) is 11.8 Å². The SMILES string of the molecule is c1c[n+](CC2CC3CCC2O3)cn1CC1CC2CCC1O2. The van der Waals surface area contributed by atoms with Gasteiger partial charge in [0.15, 0.2) is 0 Å². The van der Waals surface area contributed by atoms with Crippen molar-refractivity contribution in [3.05, 3.63) is 18.7 Å². The minimum Gasteiger partial charge on any atom is -0.375 e. The average molecular weight is 289 g/mol. The summed E-state index contributed by atoms with van der Waals surface area (Å²) in [6, 6.07) is 0. The van der Waals surface area contributed by atoms with Gasteiger partial charge in [-0.2, -0.15) is 0 Å². The number of ether oxygens (including phenoxy) is 2. The minimum atomic E-state index is 0.532. The fourth-order valence-corrected chi connectivity index (χ4v) is 5.07. The van der Waals surface area contributed by atoms with E-state index in [2.05, 4.69) is 27.9 Å². The molecule has 0 amide bonds. The normalized spacial score (nSPS) is 44.0. The number of hydrogen-bond donors (Lipinski definition) is 0. The first kappa shape index (κ1) is 12.7. The molecule has 4 bridgehead atoms. The summed E-state index contributed by atoms with van der Waals surface area (Å²) < 4.78 is 16.7. The first-order valence-corrected chi connectivity index (χ1v) is 8.69. The Morgan fingerprint density at radius 2 is 1.67 bits per heavy atom. The zero-order chi connectivity index (χ0) is 13.8. The van der Waals surface area contributed by atoms with E-state index in [-0.39, 0.29) is 0 Å². The van der Waals surface area contributed by atoms with E-state index in [9.17, 15) is 0 Å². The van der Waals surface area contributed by atoms with Crippen molar-refractivity contribution >= 4 is 0 Å². The van der Waals surface area contributed by atoms with Gasteiger partial charge in [0, 0.05) is 11.8 Å². The summed E-state index contributed by atoms with van der Waals surface area (Å²) in [6.07, 6.45) is 16.6. The van der Waals surface area contributed by atoms with Crippen molar-refractivity contribution in [2.75, 3.05) is 0 Å². The Kier molecular flexibility index (Phi) is 2.90. The van der Waals surface area contributed by atoms with Gasteiger partial charge in [-0.25, -0.2) is 9.13 Å². The molecule has 4 nitrogen and oxygen atoms in total. The third-order valence-electron chi connectivity index (χ3n) is 6.10. The Bertz CT molecular complexity index is 484. The molecule has 4 aliphatic rings. The van der Waals surface area contributed by atoms with Gasteiger partial charge < -0.3 is 9.47 Å². The van der Waals surface area contributed by atoms with Crippen LogP contribution < -0.4 is 4.57 Å². The van der Waals surface area contributed by atoms with Crippen LogP contribution in [0.15, 0.2) is 18.7 Å². The summed E-state index contributed by atoms with van der Waals surface area (Å²) in [5, 5.41) is 0. The molecule has 6 unspecified atom stereocenters. The number of rotatable bonds is 4. The highest BCUT2D eigenvalue weighted by Crippen LogP contribution is 2.40. The van der Waals surface area contributed by atoms with Crippen molar-refractivity contribution in [3.63, 3.8) is 0 Å². The second kappa shape index (κ2) is 4.82. The molecule has 0 spiro atoms. The van der Waals surface area contributed by atoms with E-state index in [1.807, 2.05) is 0 Å². The lowest BCUT2D eigenvalue weighted by atomic mass is 9.89. The molecule has 1 aromatic heterocycles. The van der Waals surface area contributed by atoms with Gasteiger partial charge in [-0.05, 0) is 38.5 Å². The molecule has 4 saturated heterocycles. The van der Waals surface area contributed by atoms with Crippen LogP contribution >= 0.6 is 0 Å². The molecular weight excluding hydrogens is 264 g/mol. The largest absolute Gasteiger partial charge is 0.375 e. The molecule has 114 valence electrons. The molecule has 21 heavy (non-hydrogen) atoms. The molecule has 4 heteroatoms. The van der Waals surface area contributed by atoms with Gasteiger partial charge >= 0.3 is 0 Å². The monoisotopic (exact) mass is 289 g/mol. The lowest BCUT2D eigenvalue weighted by Crippen LogP contribution is -2.39. The molecule has 0 N–H and O–H groups in total. The predicted molar refractivity (Wildman–Crippen MR) is 76.6 cm³/mol. The molecule has 4 fully saturated rings. The topological polar surface area (TPSA) is 27.3 Å². The molecule has 0 aromatic carbocycles. The Hall–Kier alpha value is -0.870.